The zero-order valence-electron chi connectivity index (χ0n) is 17.1. The summed E-state index contributed by atoms with van der Waals surface area (Å²) in [6.07, 6.45) is 4.86. The summed E-state index contributed by atoms with van der Waals surface area (Å²) in [5.74, 6) is -0.426. The first-order valence-electron chi connectivity index (χ1n) is 9.89. The Labute approximate surface area is 179 Å². The average Bonchev–Trinajstić information content (AvgIpc) is 3.37. The molecule has 30 heavy (non-hydrogen) atoms. The number of nitrogens with one attached hydrogen (secondary N) is 2. The van der Waals surface area contributed by atoms with E-state index >= 15 is 0 Å². The fraction of sp³-hybridized carbons (Fsp3) is 0.526. The third kappa shape index (κ3) is 3.54. The van der Waals surface area contributed by atoms with Crippen LogP contribution < -0.4 is 10.0 Å². The van der Waals surface area contributed by atoms with Crippen molar-refractivity contribution in [2.24, 2.45) is 0 Å². The minimum Gasteiger partial charge on any atom is -0.315 e. The molecule has 4 rings (SSSR count). The van der Waals surface area contributed by atoms with Gasteiger partial charge in [0.05, 0.1) is 17.3 Å². The Morgan fingerprint density at radius 2 is 2.23 bits per heavy atom. The van der Waals surface area contributed by atoms with E-state index in [2.05, 4.69) is 21.2 Å². The van der Waals surface area contributed by atoms with Crippen LogP contribution in [0.4, 0.5) is 5.00 Å². The maximum atomic E-state index is 13.1. The van der Waals surface area contributed by atoms with Gasteiger partial charge < -0.3 is 5.32 Å². The lowest BCUT2D eigenvalue weighted by molar-refractivity contribution is -0.120. The molecule has 0 bridgehead atoms. The Bertz CT molecular complexity index is 1140. The van der Waals surface area contributed by atoms with Crippen molar-refractivity contribution in [3.05, 3.63) is 33.5 Å². The summed E-state index contributed by atoms with van der Waals surface area (Å²) in [7, 11) is -2.45. The minimum absolute atomic E-state index is 0.269. The van der Waals surface area contributed by atoms with Crippen LogP contribution in [0.3, 0.4) is 0 Å². The molecule has 2 aromatic rings. The van der Waals surface area contributed by atoms with Crippen LogP contribution in [-0.2, 0) is 34.4 Å². The zero-order valence-corrected chi connectivity index (χ0v) is 18.7. The summed E-state index contributed by atoms with van der Waals surface area (Å²) in [4.78, 5) is 14.2. The molecule has 160 valence electrons. The van der Waals surface area contributed by atoms with Crippen LogP contribution in [0.5, 0.6) is 0 Å². The molecule has 2 aliphatic rings. The SMILES string of the molecule is CCn1cc([C@H]2C[C@@H](C(=O)Nc3sc4c(c3C#N)CCC4)N(C)S(=O)(=O)N2)c(C)n1. The Balaban J connectivity index is 1.61. The van der Waals surface area contributed by atoms with Crippen LogP contribution in [0, 0.1) is 18.3 Å². The van der Waals surface area contributed by atoms with Gasteiger partial charge in [-0.05, 0) is 45.1 Å². The van der Waals surface area contributed by atoms with Crippen LogP contribution in [0.15, 0.2) is 6.20 Å². The van der Waals surface area contributed by atoms with E-state index in [9.17, 15) is 18.5 Å². The smallest absolute Gasteiger partial charge is 0.280 e. The Morgan fingerprint density at radius 3 is 2.90 bits per heavy atom. The van der Waals surface area contributed by atoms with Crippen molar-refractivity contribution in [2.75, 3.05) is 12.4 Å². The number of hydrogen-bond donors (Lipinski definition) is 2. The van der Waals surface area contributed by atoms with Crippen molar-refractivity contribution in [2.45, 2.75) is 58.2 Å². The number of amides is 1. The topological polar surface area (TPSA) is 120 Å². The van der Waals surface area contributed by atoms with E-state index in [1.54, 1.807) is 4.68 Å². The summed E-state index contributed by atoms with van der Waals surface area (Å²) < 4.78 is 30.9. The highest BCUT2D eigenvalue weighted by Gasteiger charge is 2.42. The molecular formula is C19H24N6O3S2. The number of carbonyl (C=O) groups is 1. The Morgan fingerprint density at radius 1 is 1.47 bits per heavy atom. The summed E-state index contributed by atoms with van der Waals surface area (Å²) in [5.41, 5.74) is 3.02. The van der Waals surface area contributed by atoms with Crippen molar-refractivity contribution in [1.82, 2.24) is 18.8 Å². The number of likely N-dealkylation sites (N-methyl/N-ethyl adjacent to an activating group) is 1. The molecule has 3 heterocycles. The number of nitriles is 1. The lowest BCUT2D eigenvalue weighted by Crippen LogP contribution is -2.56. The number of anilines is 1. The number of thiophene rings is 1. The fourth-order valence-corrected chi connectivity index (χ4v) is 6.66. The molecule has 1 aliphatic heterocycles. The Hall–Kier alpha value is -2.26. The summed E-state index contributed by atoms with van der Waals surface area (Å²) >= 11 is 1.42. The average molecular weight is 449 g/mol. The standard InChI is InChI=1S/C19H24N6O3S2/c1-4-25-10-14(11(2)22-25)15-8-16(24(3)30(27,28)23-15)18(26)21-19-13(9-20)12-6-5-7-17(12)29-19/h10,15-16,23H,4-8H2,1-3H3,(H,21,26)/t15-,16+/m1/s1. The van der Waals surface area contributed by atoms with Crippen molar-refractivity contribution >= 4 is 32.5 Å². The molecule has 0 spiro atoms. The van der Waals surface area contributed by atoms with Crippen LogP contribution in [-0.4, -0.2) is 41.5 Å². The normalized spacial score (nSPS) is 23.1. The van der Waals surface area contributed by atoms with Gasteiger partial charge in [-0.3, -0.25) is 9.48 Å². The second-order valence-electron chi connectivity index (χ2n) is 7.63. The van der Waals surface area contributed by atoms with E-state index < -0.39 is 28.2 Å². The number of aryl methyl sites for hydroxylation is 3. The van der Waals surface area contributed by atoms with Gasteiger partial charge >= 0.3 is 0 Å². The third-order valence-corrected chi connectivity index (χ3v) is 8.63. The zero-order chi connectivity index (χ0) is 21.6. The van der Waals surface area contributed by atoms with E-state index in [0.717, 1.165) is 45.3 Å². The van der Waals surface area contributed by atoms with Gasteiger partial charge in [0.1, 0.15) is 17.1 Å². The molecule has 1 aliphatic carbocycles. The van der Waals surface area contributed by atoms with Gasteiger partial charge in [0, 0.05) is 30.2 Å². The first kappa shape index (κ1) is 21.0. The van der Waals surface area contributed by atoms with Gasteiger partial charge in [0.2, 0.25) is 5.91 Å². The molecule has 0 radical (unpaired) electrons. The summed E-state index contributed by atoms with van der Waals surface area (Å²) in [5, 5.41) is 17.3. The van der Waals surface area contributed by atoms with Crippen molar-refractivity contribution < 1.29 is 13.2 Å². The second kappa shape index (κ2) is 7.77. The molecule has 0 aromatic carbocycles. The predicted octanol–water partition coefficient (Wildman–Crippen LogP) is 1.85. The first-order chi connectivity index (χ1) is 14.2. The molecule has 0 saturated carbocycles. The van der Waals surface area contributed by atoms with Crippen LogP contribution >= 0.6 is 11.3 Å². The van der Waals surface area contributed by atoms with Crippen molar-refractivity contribution in [1.29, 1.82) is 5.26 Å². The number of carbonyl (C=O) groups excluding carboxylic acids is 1. The highest BCUT2D eigenvalue weighted by molar-refractivity contribution is 7.87. The highest BCUT2D eigenvalue weighted by atomic mass is 32.2. The van der Waals surface area contributed by atoms with Gasteiger partial charge in [0.15, 0.2) is 0 Å². The molecule has 1 saturated heterocycles. The number of nitrogens with zero attached hydrogens (tertiary/aromatic N) is 4. The van der Waals surface area contributed by atoms with Crippen molar-refractivity contribution in [3.63, 3.8) is 0 Å². The minimum atomic E-state index is -3.85. The number of rotatable bonds is 4. The molecule has 11 heteroatoms. The summed E-state index contributed by atoms with van der Waals surface area (Å²) in [6, 6.07) is 0.759. The number of hydrogen-bond acceptors (Lipinski definition) is 6. The van der Waals surface area contributed by atoms with E-state index in [1.807, 2.05) is 20.0 Å². The number of fused-ring (bicyclic) bond motifs is 1. The maximum Gasteiger partial charge on any atom is 0.280 e. The van der Waals surface area contributed by atoms with Crippen LogP contribution in [0.1, 0.15) is 53.1 Å². The quantitative estimate of drug-likeness (QED) is 0.740. The molecule has 1 amide bonds. The lowest BCUT2D eigenvalue weighted by Gasteiger charge is -2.35. The predicted molar refractivity (Wildman–Crippen MR) is 113 cm³/mol. The Kier molecular flexibility index (Phi) is 5.44. The molecule has 2 atom stereocenters. The second-order valence-corrected chi connectivity index (χ2v) is 10.5. The van der Waals surface area contributed by atoms with Gasteiger partial charge in [-0.2, -0.15) is 27.8 Å². The monoisotopic (exact) mass is 448 g/mol. The van der Waals surface area contributed by atoms with E-state index in [0.29, 0.717) is 17.1 Å². The van der Waals surface area contributed by atoms with Gasteiger partial charge in [0.25, 0.3) is 10.2 Å². The first-order valence-corrected chi connectivity index (χ1v) is 12.2. The van der Waals surface area contributed by atoms with Gasteiger partial charge in [-0.25, -0.2) is 0 Å². The fourth-order valence-electron chi connectivity index (χ4n) is 4.16. The largest absolute Gasteiger partial charge is 0.315 e. The van der Waals surface area contributed by atoms with Gasteiger partial charge in [-0.15, -0.1) is 11.3 Å². The molecule has 2 N–H and O–H groups in total. The molecule has 2 aromatic heterocycles. The summed E-state index contributed by atoms with van der Waals surface area (Å²) in [6.45, 7) is 4.45. The highest BCUT2D eigenvalue weighted by Crippen LogP contribution is 2.39. The van der Waals surface area contributed by atoms with Crippen molar-refractivity contribution in [3.8, 4) is 6.07 Å². The molecular weight excluding hydrogens is 424 g/mol. The van der Waals surface area contributed by atoms with E-state index in [-0.39, 0.29) is 6.42 Å². The maximum absolute atomic E-state index is 13.1. The van der Waals surface area contributed by atoms with Gasteiger partial charge in [-0.1, -0.05) is 0 Å². The number of aromatic nitrogens is 2. The van der Waals surface area contributed by atoms with Crippen LogP contribution in [0.2, 0.25) is 0 Å². The molecule has 0 unspecified atom stereocenters. The molecule has 9 nitrogen and oxygen atoms in total. The van der Waals surface area contributed by atoms with E-state index in [1.165, 1.54) is 18.4 Å². The third-order valence-electron chi connectivity index (χ3n) is 5.82. The van der Waals surface area contributed by atoms with E-state index in [4.69, 9.17) is 0 Å². The molecule has 1 fully saturated rings. The van der Waals surface area contributed by atoms with Crippen LogP contribution in [0.25, 0.3) is 0 Å². The lowest BCUT2D eigenvalue weighted by atomic mass is 10.00.